The SMILES string of the molecule is CC(C)CN1C(=O)c2ccc(C(=O)N3CCCN(C(=O)c4ccco4)CC3)cc2C1=O. The van der Waals surface area contributed by atoms with Gasteiger partial charge in [-0.25, -0.2) is 0 Å². The van der Waals surface area contributed by atoms with Crippen molar-refractivity contribution in [2.75, 3.05) is 32.7 Å². The molecule has 1 fully saturated rings. The standard InChI is InChI=1S/C23H25N3O5/c1-15(2)14-26-21(28)17-7-6-16(13-18(17)22(26)29)20(27)24-8-4-9-25(11-10-24)23(30)19-5-3-12-31-19/h3,5-7,12-13,15H,4,8-11,14H2,1-2H3. The molecule has 2 aliphatic rings. The molecule has 162 valence electrons. The number of carbonyl (C=O) groups excluding carboxylic acids is 4. The topological polar surface area (TPSA) is 91.1 Å². The Balaban J connectivity index is 1.47. The fourth-order valence-electron chi connectivity index (χ4n) is 4.02. The first-order valence-electron chi connectivity index (χ1n) is 10.5. The number of fused-ring (bicyclic) bond motifs is 1. The van der Waals surface area contributed by atoms with Crippen LogP contribution in [0.4, 0.5) is 0 Å². The summed E-state index contributed by atoms with van der Waals surface area (Å²) >= 11 is 0. The molecule has 0 spiro atoms. The number of imide groups is 1. The van der Waals surface area contributed by atoms with Crippen molar-refractivity contribution < 1.29 is 23.6 Å². The molecular formula is C23H25N3O5. The summed E-state index contributed by atoms with van der Waals surface area (Å²) in [5, 5.41) is 0. The van der Waals surface area contributed by atoms with Gasteiger partial charge in [-0.2, -0.15) is 0 Å². The highest BCUT2D eigenvalue weighted by Crippen LogP contribution is 2.25. The summed E-state index contributed by atoms with van der Waals surface area (Å²) in [5.74, 6) is -0.618. The van der Waals surface area contributed by atoms with Gasteiger partial charge in [0.2, 0.25) is 0 Å². The summed E-state index contributed by atoms with van der Waals surface area (Å²) in [5.41, 5.74) is 0.992. The third kappa shape index (κ3) is 3.97. The van der Waals surface area contributed by atoms with Crippen LogP contribution in [-0.2, 0) is 0 Å². The zero-order valence-electron chi connectivity index (χ0n) is 17.7. The van der Waals surface area contributed by atoms with Crippen molar-refractivity contribution in [1.29, 1.82) is 0 Å². The Kier molecular flexibility index (Phi) is 5.63. The minimum absolute atomic E-state index is 0.159. The molecule has 0 atom stereocenters. The zero-order valence-corrected chi connectivity index (χ0v) is 17.7. The number of benzene rings is 1. The molecule has 0 radical (unpaired) electrons. The zero-order chi connectivity index (χ0) is 22.1. The van der Waals surface area contributed by atoms with E-state index < -0.39 is 0 Å². The fourth-order valence-corrected chi connectivity index (χ4v) is 4.02. The summed E-state index contributed by atoms with van der Waals surface area (Å²) in [4.78, 5) is 55.5. The molecule has 1 aromatic carbocycles. The van der Waals surface area contributed by atoms with Gasteiger partial charge >= 0.3 is 0 Å². The first kappa shape index (κ1) is 20.8. The lowest BCUT2D eigenvalue weighted by Gasteiger charge is -2.22. The van der Waals surface area contributed by atoms with Gasteiger partial charge in [0.05, 0.1) is 17.4 Å². The van der Waals surface area contributed by atoms with Gasteiger partial charge in [0.15, 0.2) is 5.76 Å². The van der Waals surface area contributed by atoms with Crippen molar-refractivity contribution in [3.05, 3.63) is 59.0 Å². The predicted molar refractivity (Wildman–Crippen MR) is 112 cm³/mol. The smallest absolute Gasteiger partial charge is 0.289 e. The van der Waals surface area contributed by atoms with E-state index in [0.717, 1.165) is 0 Å². The Morgan fingerprint density at radius 3 is 2.26 bits per heavy atom. The molecule has 0 unspecified atom stereocenters. The maximum atomic E-state index is 13.1. The summed E-state index contributed by atoms with van der Waals surface area (Å²) < 4.78 is 5.19. The monoisotopic (exact) mass is 423 g/mol. The second kappa shape index (κ2) is 8.37. The van der Waals surface area contributed by atoms with Gasteiger partial charge in [-0.1, -0.05) is 13.8 Å². The van der Waals surface area contributed by atoms with Crippen molar-refractivity contribution in [2.24, 2.45) is 5.92 Å². The first-order chi connectivity index (χ1) is 14.9. The van der Waals surface area contributed by atoms with Crippen molar-refractivity contribution in [2.45, 2.75) is 20.3 Å². The first-order valence-corrected chi connectivity index (χ1v) is 10.5. The molecule has 2 aromatic rings. The molecule has 0 aliphatic carbocycles. The largest absolute Gasteiger partial charge is 0.459 e. The molecule has 4 rings (SSSR count). The maximum absolute atomic E-state index is 13.1. The van der Waals surface area contributed by atoms with Crippen LogP contribution in [0.3, 0.4) is 0 Å². The van der Waals surface area contributed by atoms with E-state index in [9.17, 15) is 19.2 Å². The van der Waals surface area contributed by atoms with Gasteiger partial charge in [-0.15, -0.1) is 0 Å². The van der Waals surface area contributed by atoms with Crippen molar-refractivity contribution in [3.8, 4) is 0 Å². The van der Waals surface area contributed by atoms with E-state index in [4.69, 9.17) is 4.42 Å². The van der Waals surface area contributed by atoms with Crippen LogP contribution in [-0.4, -0.2) is 71.1 Å². The third-order valence-electron chi connectivity index (χ3n) is 5.57. The highest BCUT2D eigenvalue weighted by Gasteiger charge is 2.36. The Bertz CT molecular complexity index is 1030. The Morgan fingerprint density at radius 2 is 1.61 bits per heavy atom. The molecule has 4 amide bonds. The molecule has 8 heteroatoms. The van der Waals surface area contributed by atoms with Gasteiger partial charge < -0.3 is 14.2 Å². The minimum atomic E-state index is -0.352. The number of furan rings is 1. The summed E-state index contributed by atoms with van der Waals surface area (Å²) in [6.45, 7) is 6.05. The second-order valence-electron chi connectivity index (χ2n) is 8.29. The summed E-state index contributed by atoms with van der Waals surface area (Å²) in [7, 11) is 0. The molecule has 1 aromatic heterocycles. The lowest BCUT2D eigenvalue weighted by molar-refractivity contribution is 0.0635. The van der Waals surface area contributed by atoms with Crippen LogP contribution >= 0.6 is 0 Å². The number of carbonyl (C=O) groups is 4. The van der Waals surface area contributed by atoms with Crippen molar-refractivity contribution >= 4 is 23.6 Å². The van der Waals surface area contributed by atoms with E-state index in [1.165, 1.54) is 17.2 Å². The molecule has 2 aliphatic heterocycles. The van der Waals surface area contributed by atoms with E-state index in [0.29, 0.717) is 50.3 Å². The van der Waals surface area contributed by atoms with Gasteiger partial charge in [-0.05, 0) is 42.7 Å². The molecule has 0 saturated carbocycles. The van der Waals surface area contributed by atoms with E-state index >= 15 is 0 Å². The maximum Gasteiger partial charge on any atom is 0.289 e. The van der Waals surface area contributed by atoms with Gasteiger partial charge in [0.1, 0.15) is 0 Å². The van der Waals surface area contributed by atoms with Crippen LogP contribution in [0.15, 0.2) is 41.0 Å². The number of amides is 4. The number of hydrogen-bond donors (Lipinski definition) is 0. The van der Waals surface area contributed by atoms with Gasteiger partial charge in [0.25, 0.3) is 23.6 Å². The molecule has 8 nitrogen and oxygen atoms in total. The predicted octanol–water partition coefficient (Wildman–Crippen LogP) is 2.52. The number of nitrogens with zero attached hydrogens (tertiary/aromatic N) is 3. The lowest BCUT2D eigenvalue weighted by atomic mass is 10.0. The molecule has 1 saturated heterocycles. The average Bonchev–Trinajstić information content (AvgIpc) is 3.28. The second-order valence-corrected chi connectivity index (χ2v) is 8.29. The van der Waals surface area contributed by atoms with Crippen LogP contribution in [0, 0.1) is 5.92 Å². The van der Waals surface area contributed by atoms with E-state index in [-0.39, 0.29) is 40.9 Å². The molecule has 0 bridgehead atoms. The van der Waals surface area contributed by atoms with Crippen molar-refractivity contribution in [3.63, 3.8) is 0 Å². The molecule has 0 N–H and O–H groups in total. The Labute approximate surface area is 180 Å². The molecular weight excluding hydrogens is 398 g/mol. The average molecular weight is 423 g/mol. The third-order valence-corrected chi connectivity index (χ3v) is 5.57. The Hall–Kier alpha value is -3.42. The molecule has 3 heterocycles. The Morgan fingerprint density at radius 1 is 0.935 bits per heavy atom. The normalized spacial score (nSPS) is 16.7. The van der Waals surface area contributed by atoms with E-state index in [1.54, 1.807) is 34.1 Å². The van der Waals surface area contributed by atoms with Crippen LogP contribution in [0.1, 0.15) is 61.9 Å². The van der Waals surface area contributed by atoms with Crippen LogP contribution in [0.2, 0.25) is 0 Å². The summed E-state index contributed by atoms with van der Waals surface area (Å²) in [6.07, 6.45) is 2.10. The van der Waals surface area contributed by atoms with Crippen molar-refractivity contribution in [1.82, 2.24) is 14.7 Å². The highest BCUT2D eigenvalue weighted by atomic mass is 16.3. The quantitative estimate of drug-likeness (QED) is 0.705. The molecule has 31 heavy (non-hydrogen) atoms. The van der Waals surface area contributed by atoms with Crippen LogP contribution < -0.4 is 0 Å². The highest BCUT2D eigenvalue weighted by molar-refractivity contribution is 6.22. The lowest BCUT2D eigenvalue weighted by Crippen LogP contribution is -2.37. The van der Waals surface area contributed by atoms with E-state index in [1.807, 2.05) is 13.8 Å². The number of hydrogen-bond acceptors (Lipinski definition) is 5. The van der Waals surface area contributed by atoms with Crippen LogP contribution in [0.25, 0.3) is 0 Å². The van der Waals surface area contributed by atoms with Gasteiger partial charge in [-0.3, -0.25) is 24.1 Å². The van der Waals surface area contributed by atoms with E-state index in [2.05, 4.69) is 0 Å². The fraction of sp³-hybridized carbons (Fsp3) is 0.391. The minimum Gasteiger partial charge on any atom is -0.459 e. The summed E-state index contributed by atoms with van der Waals surface area (Å²) in [6, 6.07) is 7.98. The van der Waals surface area contributed by atoms with Gasteiger partial charge in [0, 0.05) is 38.3 Å². The van der Waals surface area contributed by atoms with Crippen LogP contribution in [0.5, 0.6) is 0 Å². The number of rotatable bonds is 4.